The van der Waals surface area contributed by atoms with Crippen LogP contribution in [0.25, 0.3) is 0 Å². The summed E-state index contributed by atoms with van der Waals surface area (Å²) < 4.78 is 16.0. The molecule has 0 spiro atoms. The molecule has 0 N–H and O–H groups in total. The molecule has 0 aliphatic carbocycles. The Balaban J connectivity index is 1.50. The second-order valence-electron chi connectivity index (χ2n) is 6.96. The number of aryl methyl sites for hydroxylation is 1. The molecule has 2 aromatic rings. The van der Waals surface area contributed by atoms with Gasteiger partial charge in [-0.25, -0.2) is 4.39 Å². The van der Waals surface area contributed by atoms with E-state index in [-0.39, 0.29) is 17.8 Å². The first-order chi connectivity index (χ1) is 12.1. The molecule has 1 aromatic carbocycles. The van der Waals surface area contributed by atoms with Crippen molar-refractivity contribution in [1.82, 2.24) is 14.7 Å². The van der Waals surface area contributed by atoms with Crippen LogP contribution in [0.3, 0.4) is 0 Å². The van der Waals surface area contributed by atoms with Gasteiger partial charge in [0.05, 0.1) is 11.7 Å². The van der Waals surface area contributed by atoms with Gasteiger partial charge in [-0.05, 0) is 44.0 Å². The summed E-state index contributed by atoms with van der Waals surface area (Å²) in [5.41, 5.74) is 1.62. The van der Waals surface area contributed by atoms with Gasteiger partial charge in [-0.3, -0.25) is 14.4 Å². The van der Waals surface area contributed by atoms with Crippen LogP contribution in [-0.2, 0) is 11.8 Å². The summed E-state index contributed by atoms with van der Waals surface area (Å²) >= 11 is 0. The first kappa shape index (κ1) is 16.3. The topological polar surface area (TPSA) is 41.4 Å². The molecule has 2 aliphatic rings. The van der Waals surface area contributed by atoms with Crippen molar-refractivity contribution in [3.05, 3.63) is 48.0 Å². The number of piperidine rings is 1. The van der Waals surface area contributed by atoms with E-state index in [2.05, 4.69) is 16.1 Å². The number of rotatable bonds is 3. The molecule has 4 rings (SSSR count). The van der Waals surface area contributed by atoms with E-state index in [4.69, 9.17) is 0 Å². The molecule has 1 aromatic heterocycles. The number of para-hydroxylation sites is 1. The van der Waals surface area contributed by atoms with E-state index in [9.17, 15) is 9.18 Å². The van der Waals surface area contributed by atoms with E-state index in [1.54, 1.807) is 23.1 Å². The molecule has 5 nitrogen and oxygen atoms in total. The predicted molar refractivity (Wildman–Crippen MR) is 93.9 cm³/mol. The maximum atomic E-state index is 14.1. The van der Waals surface area contributed by atoms with Gasteiger partial charge in [0.1, 0.15) is 5.82 Å². The summed E-state index contributed by atoms with van der Waals surface area (Å²) in [6.07, 6.45) is 4.77. The average molecular weight is 342 g/mol. The third-order valence-corrected chi connectivity index (χ3v) is 5.49. The maximum Gasteiger partial charge on any atom is 0.244 e. The number of hydrogen-bond donors (Lipinski definition) is 0. The van der Waals surface area contributed by atoms with Crippen LogP contribution in [0.2, 0.25) is 0 Å². The van der Waals surface area contributed by atoms with Crippen LogP contribution in [-0.4, -0.2) is 46.3 Å². The van der Waals surface area contributed by atoms with Crippen molar-refractivity contribution in [1.29, 1.82) is 0 Å². The fourth-order valence-electron chi connectivity index (χ4n) is 4.23. The smallest absolute Gasteiger partial charge is 0.244 e. The number of nitrogens with zero attached hydrogens (tertiary/aromatic N) is 4. The van der Waals surface area contributed by atoms with Crippen LogP contribution < -0.4 is 4.90 Å². The third kappa shape index (κ3) is 2.95. The normalized spacial score (nSPS) is 24.9. The SMILES string of the molecule is Cn1nccc1[C@H]1CCCN([C@H]2CCN(c3ccccc3F)C2=O)C1. The van der Waals surface area contributed by atoms with Crippen molar-refractivity contribution in [2.45, 2.75) is 31.2 Å². The zero-order chi connectivity index (χ0) is 17.4. The lowest BCUT2D eigenvalue weighted by Crippen LogP contribution is -2.46. The number of hydrogen-bond acceptors (Lipinski definition) is 3. The Morgan fingerprint density at radius 1 is 1.16 bits per heavy atom. The van der Waals surface area contributed by atoms with Crippen molar-refractivity contribution in [3.8, 4) is 0 Å². The number of carbonyl (C=O) groups is 1. The molecule has 0 radical (unpaired) electrons. The number of anilines is 1. The van der Waals surface area contributed by atoms with Gasteiger partial charge in [-0.2, -0.15) is 5.10 Å². The van der Waals surface area contributed by atoms with E-state index >= 15 is 0 Å². The molecule has 6 heteroatoms. The summed E-state index contributed by atoms with van der Waals surface area (Å²) in [6, 6.07) is 8.45. The summed E-state index contributed by atoms with van der Waals surface area (Å²) in [7, 11) is 1.97. The molecular formula is C19H23FN4O. The number of aromatic nitrogens is 2. The molecule has 0 bridgehead atoms. The van der Waals surface area contributed by atoms with Crippen molar-refractivity contribution < 1.29 is 9.18 Å². The molecule has 1 amide bonds. The molecule has 132 valence electrons. The monoisotopic (exact) mass is 342 g/mol. The summed E-state index contributed by atoms with van der Waals surface area (Å²) in [5.74, 6) is 0.0928. The third-order valence-electron chi connectivity index (χ3n) is 5.49. The number of amides is 1. The highest BCUT2D eigenvalue weighted by atomic mass is 19.1. The highest BCUT2D eigenvalue weighted by molar-refractivity contribution is 5.99. The Hall–Kier alpha value is -2.21. The van der Waals surface area contributed by atoms with E-state index in [0.29, 0.717) is 18.2 Å². The van der Waals surface area contributed by atoms with E-state index in [1.807, 2.05) is 17.9 Å². The molecule has 0 unspecified atom stereocenters. The van der Waals surface area contributed by atoms with Crippen LogP contribution >= 0.6 is 0 Å². The maximum absolute atomic E-state index is 14.1. The van der Waals surface area contributed by atoms with Gasteiger partial charge in [0.2, 0.25) is 5.91 Å². The largest absolute Gasteiger partial charge is 0.308 e. The second kappa shape index (κ2) is 6.59. The minimum Gasteiger partial charge on any atom is -0.308 e. The Bertz CT molecular complexity index is 774. The number of carbonyl (C=O) groups excluding carboxylic acids is 1. The molecule has 2 saturated heterocycles. The minimum atomic E-state index is -0.331. The average Bonchev–Trinajstić information content (AvgIpc) is 3.21. The Morgan fingerprint density at radius 2 is 2.00 bits per heavy atom. The Morgan fingerprint density at radius 3 is 2.76 bits per heavy atom. The second-order valence-corrected chi connectivity index (χ2v) is 6.96. The van der Waals surface area contributed by atoms with Gasteiger partial charge < -0.3 is 4.90 Å². The fraction of sp³-hybridized carbons (Fsp3) is 0.474. The molecular weight excluding hydrogens is 319 g/mol. The standard InChI is InChI=1S/C19H23FN4O/c1-22-16(8-10-21-22)14-5-4-11-23(13-14)18-9-12-24(19(18)25)17-7-3-2-6-15(17)20/h2-3,6-8,10,14,18H,4-5,9,11-13H2,1H3/t14-,18-/m0/s1. The Kier molecular flexibility index (Phi) is 4.29. The first-order valence-corrected chi connectivity index (χ1v) is 8.93. The molecule has 25 heavy (non-hydrogen) atoms. The molecule has 3 heterocycles. The fourth-order valence-corrected chi connectivity index (χ4v) is 4.23. The van der Waals surface area contributed by atoms with Gasteiger partial charge in [-0.1, -0.05) is 12.1 Å². The molecule has 0 saturated carbocycles. The van der Waals surface area contributed by atoms with Crippen LogP contribution in [0.1, 0.15) is 30.9 Å². The van der Waals surface area contributed by atoms with E-state index in [1.165, 1.54) is 11.8 Å². The van der Waals surface area contributed by atoms with Crippen LogP contribution in [0, 0.1) is 5.82 Å². The van der Waals surface area contributed by atoms with E-state index < -0.39 is 0 Å². The number of halogens is 1. The Labute approximate surface area is 147 Å². The summed E-state index contributed by atoms with van der Waals surface area (Å²) in [6.45, 7) is 2.37. The van der Waals surface area contributed by atoms with Crippen LogP contribution in [0.4, 0.5) is 10.1 Å². The number of benzene rings is 1. The van der Waals surface area contributed by atoms with Gasteiger partial charge in [-0.15, -0.1) is 0 Å². The quantitative estimate of drug-likeness (QED) is 0.861. The van der Waals surface area contributed by atoms with E-state index in [0.717, 1.165) is 32.4 Å². The van der Waals surface area contributed by atoms with Crippen LogP contribution in [0.15, 0.2) is 36.5 Å². The minimum absolute atomic E-state index is 0.0238. The lowest BCUT2D eigenvalue weighted by molar-refractivity contribution is -0.122. The van der Waals surface area contributed by atoms with Gasteiger partial charge >= 0.3 is 0 Å². The molecule has 2 atom stereocenters. The lowest BCUT2D eigenvalue weighted by Gasteiger charge is -2.36. The molecule has 2 fully saturated rings. The summed E-state index contributed by atoms with van der Waals surface area (Å²) in [4.78, 5) is 16.8. The highest BCUT2D eigenvalue weighted by Gasteiger charge is 2.39. The first-order valence-electron chi connectivity index (χ1n) is 8.93. The number of likely N-dealkylation sites (tertiary alicyclic amines) is 1. The lowest BCUT2D eigenvalue weighted by atomic mass is 9.93. The van der Waals surface area contributed by atoms with Gasteiger partial charge in [0.15, 0.2) is 0 Å². The molecule has 2 aliphatic heterocycles. The zero-order valence-electron chi connectivity index (χ0n) is 14.4. The summed E-state index contributed by atoms with van der Waals surface area (Å²) in [5, 5.41) is 4.27. The highest BCUT2D eigenvalue weighted by Crippen LogP contribution is 2.32. The van der Waals surface area contributed by atoms with Gasteiger partial charge in [0, 0.05) is 37.9 Å². The van der Waals surface area contributed by atoms with Crippen LogP contribution in [0.5, 0.6) is 0 Å². The van der Waals surface area contributed by atoms with Crippen molar-refractivity contribution in [3.63, 3.8) is 0 Å². The van der Waals surface area contributed by atoms with Crippen molar-refractivity contribution in [2.75, 3.05) is 24.5 Å². The van der Waals surface area contributed by atoms with Gasteiger partial charge in [0.25, 0.3) is 0 Å². The van der Waals surface area contributed by atoms with Crippen molar-refractivity contribution in [2.24, 2.45) is 7.05 Å². The zero-order valence-corrected chi connectivity index (χ0v) is 14.4. The predicted octanol–water partition coefficient (Wildman–Crippen LogP) is 2.54. The van der Waals surface area contributed by atoms with Crippen molar-refractivity contribution >= 4 is 11.6 Å².